The summed E-state index contributed by atoms with van der Waals surface area (Å²) in [6, 6.07) is 2.34. The van der Waals surface area contributed by atoms with Crippen molar-refractivity contribution in [2.45, 2.75) is 32.2 Å². The van der Waals surface area contributed by atoms with Crippen molar-refractivity contribution in [2.24, 2.45) is 0 Å². The summed E-state index contributed by atoms with van der Waals surface area (Å²) in [5, 5.41) is 2.96. The monoisotopic (exact) mass is 291 g/mol. The van der Waals surface area contributed by atoms with Gasteiger partial charge in [0.1, 0.15) is 11.6 Å². The van der Waals surface area contributed by atoms with Gasteiger partial charge in [-0.25, -0.2) is 8.78 Å². The molecule has 0 heterocycles. The molecule has 0 saturated carbocycles. The van der Waals surface area contributed by atoms with Crippen LogP contribution < -0.4 is 5.32 Å². The summed E-state index contributed by atoms with van der Waals surface area (Å²) in [5.41, 5.74) is 0.138. The minimum atomic E-state index is -0.498. The first kappa shape index (κ1) is 13.6. The largest absolute Gasteiger partial charge is 0.313 e. The summed E-state index contributed by atoms with van der Waals surface area (Å²) >= 11 is 3.07. The van der Waals surface area contributed by atoms with Crippen molar-refractivity contribution in [3.05, 3.63) is 33.8 Å². The van der Waals surface area contributed by atoms with Gasteiger partial charge in [0.05, 0.1) is 0 Å². The average molecular weight is 292 g/mol. The average Bonchev–Trinajstić information content (AvgIpc) is 2.21. The van der Waals surface area contributed by atoms with E-state index in [9.17, 15) is 8.78 Å². The summed E-state index contributed by atoms with van der Waals surface area (Å²) in [6.07, 6.45) is 2.70. The van der Waals surface area contributed by atoms with Gasteiger partial charge < -0.3 is 5.32 Å². The number of nitrogens with one attached hydrogen (secondary N) is 1. The van der Waals surface area contributed by atoms with Crippen LogP contribution >= 0.6 is 15.9 Å². The fourth-order valence-corrected chi connectivity index (χ4v) is 2.13. The van der Waals surface area contributed by atoms with Crippen LogP contribution in [0.5, 0.6) is 0 Å². The molecule has 4 heteroatoms. The van der Waals surface area contributed by atoms with Gasteiger partial charge in [-0.15, -0.1) is 0 Å². The van der Waals surface area contributed by atoms with Gasteiger partial charge >= 0.3 is 0 Å². The molecule has 90 valence electrons. The lowest BCUT2D eigenvalue weighted by atomic mass is 10.0. The fourth-order valence-electron chi connectivity index (χ4n) is 1.73. The highest BCUT2D eigenvalue weighted by Gasteiger charge is 2.18. The second kappa shape index (κ2) is 6.30. The first-order valence-corrected chi connectivity index (χ1v) is 6.21. The number of rotatable bonds is 5. The highest BCUT2D eigenvalue weighted by molar-refractivity contribution is 9.10. The van der Waals surface area contributed by atoms with Gasteiger partial charge in [0.15, 0.2) is 0 Å². The van der Waals surface area contributed by atoms with Gasteiger partial charge in [0, 0.05) is 16.1 Å². The third kappa shape index (κ3) is 3.25. The Labute approximate surface area is 103 Å². The molecule has 1 rings (SSSR count). The van der Waals surface area contributed by atoms with E-state index < -0.39 is 11.6 Å². The number of halogens is 3. The molecular formula is C12H16BrF2N. The fraction of sp³-hybridized carbons (Fsp3) is 0.500. The second-order valence-electron chi connectivity index (χ2n) is 3.77. The van der Waals surface area contributed by atoms with Crippen LogP contribution in [0.25, 0.3) is 0 Å². The first-order chi connectivity index (χ1) is 7.60. The van der Waals surface area contributed by atoms with E-state index in [1.54, 1.807) is 7.05 Å². The Bertz CT molecular complexity index is 332. The van der Waals surface area contributed by atoms with Crippen LogP contribution in [0.3, 0.4) is 0 Å². The molecule has 0 radical (unpaired) electrons. The Kier molecular flexibility index (Phi) is 5.35. The smallest absolute Gasteiger partial charge is 0.132 e. The van der Waals surface area contributed by atoms with Crippen molar-refractivity contribution in [1.82, 2.24) is 5.32 Å². The molecule has 0 aliphatic rings. The number of unbranched alkanes of at least 4 members (excludes halogenated alkanes) is 1. The molecule has 0 spiro atoms. The molecule has 0 aliphatic heterocycles. The highest BCUT2D eigenvalue weighted by atomic mass is 79.9. The van der Waals surface area contributed by atoms with Crippen LogP contribution in [0.15, 0.2) is 16.6 Å². The van der Waals surface area contributed by atoms with E-state index in [0.717, 1.165) is 19.3 Å². The van der Waals surface area contributed by atoms with Crippen molar-refractivity contribution < 1.29 is 8.78 Å². The van der Waals surface area contributed by atoms with E-state index in [1.165, 1.54) is 12.1 Å². The predicted octanol–water partition coefficient (Wildman–Crippen LogP) is 4.18. The zero-order valence-electron chi connectivity index (χ0n) is 9.49. The van der Waals surface area contributed by atoms with Gasteiger partial charge in [-0.1, -0.05) is 35.7 Å². The summed E-state index contributed by atoms with van der Waals surface area (Å²) < 4.78 is 27.8. The third-order valence-electron chi connectivity index (χ3n) is 2.59. The van der Waals surface area contributed by atoms with E-state index in [2.05, 4.69) is 28.2 Å². The molecule has 1 N–H and O–H groups in total. The summed E-state index contributed by atoms with van der Waals surface area (Å²) in [4.78, 5) is 0. The van der Waals surface area contributed by atoms with Gasteiger partial charge in [-0.05, 0) is 25.6 Å². The van der Waals surface area contributed by atoms with Crippen molar-refractivity contribution in [3.63, 3.8) is 0 Å². The molecule has 0 saturated heterocycles. The quantitative estimate of drug-likeness (QED) is 0.858. The molecular weight excluding hydrogens is 276 g/mol. The van der Waals surface area contributed by atoms with E-state index >= 15 is 0 Å². The lowest BCUT2D eigenvalue weighted by Gasteiger charge is -2.18. The molecule has 1 aromatic carbocycles. The Morgan fingerprint density at radius 1 is 1.31 bits per heavy atom. The third-order valence-corrected chi connectivity index (χ3v) is 3.04. The molecule has 0 amide bonds. The maximum atomic E-state index is 13.7. The van der Waals surface area contributed by atoms with Crippen LogP contribution in [-0.2, 0) is 0 Å². The van der Waals surface area contributed by atoms with Crippen molar-refractivity contribution in [3.8, 4) is 0 Å². The second-order valence-corrected chi connectivity index (χ2v) is 4.68. The van der Waals surface area contributed by atoms with Crippen LogP contribution in [0.4, 0.5) is 8.78 Å². The van der Waals surface area contributed by atoms with Gasteiger partial charge in [-0.2, -0.15) is 0 Å². The summed E-state index contributed by atoms with van der Waals surface area (Å²) in [7, 11) is 1.72. The Morgan fingerprint density at radius 3 is 2.31 bits per heavy atom. The van der Waals surface area contributed by atoms with E-state index in [-0.39, 0.29) is 11.6 Å². The minimum Gasteiger partial charge on any atom is -0.313 e. The van der Waals surface area contributed by atoms with Crippen LogP contribution in [-0.4, -0.2) is 7.05 Å². The summed E-state index contributed by atoms with van der Waals surface area (Å²) in [6.45, 7) is 2.06. The number of hydrogen-bond donors (Lipinski definition) is 1. The van der Waals surface area contributed by atoms with Crippen LogP contribution in [0, 0.1) is 11.6 Å². The van der Waals surface area contributed by atoms with Gasteiger partial charge in [-0.3, -0.25) is 0 Å². The molecule has 16 heavy (non-hydrogen) atoms. The molecule has 1 nitrogen and oxygen atoms in total. The van der Waals surface area contributed by atoms with Gasteiger partial charge in [0.25, 0.3) is 0 Å². The topological polar surface area (TPSA) is 12.0 Å². The number of hydrogen-bond acceptors (Lipinski definition) is 1. The maximum Gasteiger partial charge on any atom is 0.132 e. The normalized spacial score (nSPS) is 12.8. The summed E-state index contributed by atoms with van der Waals surface area (Å²) in [5.74, 6) is -0.996. The standard InChI is InChI=1S/C12H16BrF2N/c1-3-4-5-11(16-2)12-9(14)6-8(13)7-10(12)15/h6-7,11,16H,3-5H2,1-2H3. The molecule has 1 aromatic rings. The lowest BCUT2D eigenvalue weighted by Crippen LogP contribution is -2.19. The van der Waals surface area contributed by atoms with Crippen LogP contribution in [0.2, 0.25) is 0 Å². The Balaban J connectivity index is 2.99. The highest BCUT2D eigenvalue weighted by Crippen LogP contribution is 2.27. The SMILES string of the molecule is CCCCC(NC)c1c(F)cc(Br)cc1F. The molecule has 0 fully saturated rings. The van der Waals surface area contributed by atoms with Crippen molar-refractivity contribution in [1.29, 1.82) is 0 Å². The Morgan fingerprint density at radius 2 is 1.88 bits per heavy atom. The van der Waals surface area contributed by atoms with E-state index in [1.807, 2.05) is 0 Å². The predicted molar refractivity (Wildman–Crippen MR) is 65.4 cm³/mol. The lowest BCUT2D eigenvalue weighted by molar-refractivity contribution is 0.459. The van der Waals surface area contributed by atoms with Crippen molar-refractivity contribution in [2.75, 3.05) is 7.05 Å². The first-order valence-electron chi connectivity index (χ1n) is 5.41. The molecule has 1 unspecified atom stereocenters. The molecule has 1 atom stereocenters. The van der Waals surface area contributed by atoms with E-state index in [4.69, 9.17) is 0 Å². The molecule has 0 bridgehead atoms. The molecule has 0 aliphatic carbocycles. The van der Waals surface area contributed by atoms with E-state index in [0.29, 0.717) is 4.47 Å². The van der Waals surface area contributed by atoms with Crippen LogP contribution in [0.1, 0.15) is 37.8 Å². The maximum absolute atomic E-state index is 13.7. The number of benzene rings is 1. The van der Waals surface area contributed by atoms with Crippen molar-refractivity contribution >= 4 is 15.9 Å². The zero-order valence-corrected chi connectivity index (χ0v) is 11.1. The zero-order chi connectivity index (χ0) is 12.1. The minimum absolute atomic E-state index is 0.138. The van der Waals surface area contributed by atoms with Gasteiger partial charge in [0.2, 0.25) is 0 Å². The molecule has 0 aromatic heterocycles. The Hall–Kier alpha value is -0.480.